The summed E-state index contributed by atoms with van der Waals surface area (Å²) < 4.78 is 0. The molecule has 0 spiro atoms. The van der Waals surface area contributed by atoms with E-state index in [9.17, 15) is 53.7 Å². The molecule has 0 saturated carbocycles. The number of phenolic OH excluding ortho intramolecular Hbond substituents is 1. The van der Waals surface area contributed by atoms with Crippen LogP contribution in [0.5, 0.6) is 5.75 Å². The van der Waals surface area contributed by atoms with Crippen molar-refractivity contribution in [3.63, 3.8) is 0 Å². The van der Waals surface area contributed by atoms with Crippen molar-refractivity contribution in [2.45, 2.75) is 137 Å². The lowest BCUT2D eigenvalue weighted by molar-refractivity contribution is -0.152. The number of primary amides is 1. The number of aliphatic hydroxyl groups is 1. The number of hydrogen-bond donors (Lipinski definition) is 11. The van der Waals surface area contributed by atoms with Crippen molar-refractivity contribution in [3.8, 4) is 5.75 Å². The number of benzene rings is 4. The number of thioether (sulfide) groups is 2. The first-order valence-corrected chi connectivity index (χ1v) is 34.7. The number of unbranched alkanes of at least 4 members (excludes halogenated alkanes) is 1. The molecule has 1 fully saturated rings. The quantitative estimate of drug-likeness (QED) is 0.0741. The number of rotatable bonds is 13. The van der Waals surface area contributed by atoms with Gasteiger partial charge in [0.15, 0.2) is 0 Å². The molecule has 2 aliphatic heterocycles. The Labute approximate surface area is 571 Å². The number of H-pyrrole nitrogens is 2. The van der Waals surface area contributed by atoms with Crippen molar-refractivity contribution in [2.75, 3.05) is 59.3 Å². The number of carbonyl (C=O) groups is 10. The number of amides is 9. The maximum Gasteiger partial charge on any atom is 0.305 e. The minimum Gasteiger partial charge on any atom is -0.508 e. The number of aliphatic carboxylic acids is 1. The number of aromatic hydroxyl groups is 1. The molecule has 1 unspecified atom stereocenters. The number of nitrogens with zero attached hydrogens (tertiary/aromatic N) is 5. The molecule has 9 amide bonds. The largest absolute Gasteiger partial charge is 0.508 e. The third-order valence-electron chi connectivity index (χ3n) is 18.0. The van der Waals surface area contributed by atoms with E-state index in [1.165, 1.54) is 90.4 Å². The van der Waals surface area contributed by atoms with Gasteiger partial charge in [-0.25, -0.2) is 0 Å². The molecule has 4 aromatic carbocycles. The number of fused-ring (bicyclic) bond motifs is 5. The number of carboxylic acid groups (broad SMARTS) is 1. The van der Waals surface area contributed by atoms with Crippen LogP contribution in [0.2, 0.25) is 0 Å². The van der Waals surface area contributed by atoms with Crippen molar-refractivity contribution in [1.29, 1.82) is 0 Å². The van der Waals surface area contributed by atoms with Crippen molar-refractivity contribution in [2.24, 2.45) is 11.5 Å². The van der Waals surface area contributed by atoms with E-state index >= 15 is 9.59 Å². The molecule has 2 aromatic heterocycles. The molecule has 97 heavy (non-hydrogen) atoms. The molecule has 2 bridgehead atoms. The Morgan fingerprint density at radius 1 is 0.660 bits per heavy atom. The molecule has 0 aliphatic carbocycles. The molecule has 13 N–H and O–H groups in total. The smallest absolute Gasteiger partial charge is 0.305 e. The lowest BCUT2D eigenvalue weighted by Gasteiger charge is -2.40. The highest BCUT2D eigenvalue weighted by atomic mass is 32.2. The predicted molar refractivity (Wildman–Crippen MR) is 370 cm³/mol. The van der Waals surface area contributed by atoms with Gasteiger partial charge in [0.25, 0.3) is 0 Å². The van der Waals surface area contributed by atoms with Crippen LogP contribution in [-0.2, 0) is 78.7 Å². The molecule has 9 atom stereocenters. The Balaban J connectivity index is 1.13. The second-order valence-electron chi connectivity index (χ2n) is 24.9. The number of aromatic amines is 2. The van der Waals surface area contributed by atoms with Gasteiger partial charge in [0.1, 0.15) is 48.2 Å². The number of carboxylic acids is 1. The zero-order valence-electron chi connectivity index (χ0n) is 55.2. The fraction of sp³-hybridized carbons (Fsp3) is 0.449. The van der Waals surface area contributed by atoms with Crippen molar-refractivity contribution >= 4 is 104 Å². The number of aliphatic hydroxyl groups excluding tert-OH is 1. The fourth-order valence-corrected chi connectivity index (χ4v) is 14.2. The molecule has 1 saturated heterocycles. The maximum absolute atomic E-state index is 15.3. The summed E-state index contributed by atoms with van der Waals surface area (Å²) in [4.78, 5) is 155. The summed E-state index contributed by atoms with van der Waals surface area (Å²) in [5, 5.41) is 45.6. The van der Waals surface area contributed by atoms with E-state index < -0.39 is 121 Å². The van der Waals surface area contributed by atoms with E-state index in [-0.39, 0.29) is 62.5 Å². The number of para-hydroxylation sites is 2. The summed E-state index contributed by atoms with van der Waals surface area (Å²) in [5.74, 6) is -6.56. The van der Waals surface area contributed by atoms with Crippen LogP contribution in [0.15, 0.2) is 109 Å². The van der Waals surface area contributed by atoms with Gasteiger partial charge in [-0.15, -0.1) is 0 Å². The summed E-state index contributed by atoms with van der Waals surface area (Å²) in [5.41, 5.74) is 16.8. The van der Waals surface area contributed by atoms with Crippen LogP contribution in [0, 0.1) is 0 Å². The second kappa shape index (κ2) is 34.8. The van der Waals surface area contributed by atoms with Crippen LogP contribution >= 0.6 is 23.5 Å². The third-order valence-corrected chi connectivity index (χ3v) is 20.2. The van der Waals surface area contributed by atoms with Gasteiger partial charge in [0, 0.05) is 111 Å². The molecular formula is C69H89N13O13S2. The number of aromatic nitrogens is 2. The average Bonchev–Trinajstić information content (AvgIpc) is 1.80. The first kappa shape index (κ1) is 73.8. The maximum atomic E-state index is 15.3. The number of hydrogen-bond acceptors (Lipinski definition) is 16. The van der Waals surface area contributed by atoms with E-state index in [4.69, 9.17) is 11.5 Å². The Morgan fingerprint density at radius 2 is 1.29 bits per heavy atom. The monoisotopic (exact) mass is 1370 g/mol. The van der Waals surface area contributed by atoms with E-state index in [0.29, 0.717) is 70.7 Å². The van der Waals surface area contributed by atoms with Crippen LogP contribution < -0.4 is 32.7 Å². The highest BCUT2D eigenvalue weighted by molar-refractivity contribution is 7.98. The van der Waals surface area contributed by atoms with E-state index in [1.807, 2.05) is 54.6 Å². The van der Waals surface area contributed by atoms with Gasteiger partial charge >= 0.3 is 5.97 Å². The minimum atomic E-state index is -1.85. The molecule has 4 heterocycles. The number of nitrogens with two attached hydrogens (primary N) is 2. The lowest BCUT2D eigenvalue weighted by Crippen LogP contribution is -2.61. The Kier molecular flexibility index (Phi) is 26.5. The van der Waals surface area contributed by atoms with Gasteiger partial charge in [0.2, 0.25) is 53.2 Å². The molecule has 26 nitrogen and oxygen atoms in total. The SMILES string of the molecule is C[C@H]1C(=O)N(C)[C@@H](Cc2ccc(O)cc2)C(O)N2CCC[C@H]2C(=O)N[C@H](C(N)=O)CSCc2cccc(c2)CSCCC(=O)N[C@@H](CCCCN)C(=O)N(C)CC(=O)N(C)[C@@H](Cc2c[nH]c3ccccc23)C(=O)N[C@@H](Cc2c[nH]c3ccccc23)C(=O)N[C@@H](CC(=O)O)C(=O)N1C. The van der Waals surface area contributed by atoms with Crippen molar-refractivity contribution in [1.82, 2.24) is 55.7 Å². The van der Waals surface area contributed by atoms with E-state index in [2.05, 4.69) is 31.2 Å². The minimum absolute atomic E-state index is 0.0303. The summed E-state index contributed by atoms with van der Waals surface area (Å²) in [7, 11) is 5.49. The van der Waals surface area contributed by atoms with Crippen molar-refractivity contribution in [3.05, 3.63) is 137 Å². The van der Waals surface area contributed by atoms with Gasteiger partial charge in [-0.1, -0.05) is 72.8 Å². The number of phenols is 1. The highest BCUT2D eigenvalue weighted by Crippen LogP contribution is 2.28. The van der Waals surface area contributed by atoms with Gasteiger partial charge in [-0.2, -0.15) is 23.5 Å². The molecule has 8 rings (SSSR count). The third kappa shape index (κ3) is 19.6. The number of carbonyl (C=O) groups excluding carboxylic acids is 9. The van der Waals surface area contributed by atoms with Crippen LogP contribution in [0.25, 0.3) is 21.8 Å². The number of likely N-dealkylation sites (N-methyl/N-ethyl adjacent to an activating group) is 4. The Bertz CT molecular complexity index is 3770. The molecule has 28 heteroatoms. The highest BCUT2D eigenvalue weighted by Gasteiger charge is 2.43. The average molecular weight is 1370 g/mol. The zero-order chi connectivity index (χ0) is 70.0. The summed E-state index contributed by atoms with van der Waals surface area (Å²) in [6.45, 7) is 1.40. The van der Waals surface area contributed by atoms with Gasteiger partial charge in [-0.3, -0.25) is 52.8 Å². The van der Waals surface area contributed by atoms with E-state index in [1.54, 1.807) is 42.7 Å². The van der Waals surface area contributed by atoms with Crippen LogP contribution in [0.3, 0.4) is 0 Å². The van der Waals surface area contributed by atoms with Crippen LogP contribution in [-0.4, -0.2) is 223 Å². The van der Waals surface area contributed by atoms with Crippen molar-refractivity contribution < 1.29 is 63.3 Å². The van der Waals surface area contributed by atoms with Crippen LogP contribution in [0.1, 0.15) is 79.7 Å². The Hall–Kier alpha value is -8.96. The van der Waals surface area contributed by atoms with Crippen LogP contribution in [0.4, 0.5) is 0 Å². The topological polar surface area (TPSA) is 379 Å². The second-order valence-corrected chi connectivity index (χ2v) is 27.0. The van der Waals surface area contributed by atoms with Gasteiger partial charge in [-0.05, 0) is 104 Å². The zero-order valence-corrected chi connectivity index (χ0v) is 56.9. The predicted octanol–water partition coefficient (Wildman–Crippen LogP) is 2.72. The summed E-state index contributed by atoms with van der Waals surface area (Å²) >= 11 is 2.89. The molecule has 520 valence electrons. The Morgan fingerprint density at radius 3 is 1.93 bits per heavy atom. The summed E-state index contributed by atoms with van der Waals surface area (Å²) in [6.07, 6.45) is 2.52. The van der Waals surface area contributed by atoms with E-state index in [0.717, 1.165) is 26.9 Å². The molecule has 6 aromatic rings. The molecule has 0 radical (unpaired) electrons. The first-order valence-electron chi connectivity index (χ1n) is 32.4. The molecule has 2 aliphatic rings. The molecular weight excluding hydrogens is 1280 g/mol. The fourth-order valence-electron chi connectivity index (χ4n) is 12.3. The summed E-state index contributed by atoms with van der Waals surface area (Å²) in [6, 6.07) is 17.9. The normalized spacial score (nSPS) is 23.8. The van der Waals surface area contributed by atoms with Gasteiger partial charge in [0.05, 0.1) is 25.0 Å². The number of nitrogens with one attached hydrogen (secondary N) is 6. The standard InChI is InChI=1S/C69H89N13O13S2/c1-41-66(92)81(5)58(31-42-22-24-47(83)25-23-42)69(95)82-28-13-21-56(82)64(90)77-55(62(71)88)40-97-39-44-15-12-14-43(30-44)38-96-29-26-59(84)74-52(20-10-11-27-70)67(93)78(2)37-60(85)80(4)57(33-46-36-73-51-19-9-7-17-49(46)51)65(91)75-53(32-45-35-72-50-18-8-6-16-48(45)50)63(89)76-54(34-61(86)87)68(94)79(41)3/h6-9,12,14-19,22-25,30,35-36,41,52-58,69,72-73,83,95H,10-11,13,20-21,26-29,31-34,37-40,70H2,1-5H3,(H2,71,88)(H,74,84)(H,75,91)(H,76,89)(H,77,90)(H,86,87)/t41-,52-,53-,54-,55-,56-,57-,58-,69?/m0/s1. The first-order chi connectivity index (χ1) is 46.4. The lowest BCUT2D eigenvalue weighted by atomic mass is 10.00. The van der Waals surface area contributed by atoms with Gasteiger partial charge < -0.3 is 77.6 Å².